The van der Waals surface area contributed by atoms with Gasteiger partial charge < -0.3 is 5.11 Å². The van der Waals surface area contributed by atoms with Crippen molar-refractivity contribution in [1.82, 2.24) is 9.78 Å². The number of hydrogen-bond donors (Lipinski definition) is 1. The summed E-state index contributed by atoms with van der Waals surface area (Å²) < 4.78 is 2.62. The van der Waals surface area contributed by atoms with Crippen molar-refractivity contribution in [2.24, 2.45) is 0 Å². The van der Waals surface area contributed by atoms with Crippen molar-refractivity contribution in [3.8, 4) is 0 Å². The Hall–Kier alpha value is -1.62. The van der Waals surface area contributed by atoms with Crippen LogP contribution in [0.3, 0.4) is 0 Å². The van der Waals surface area contributed by atoms with Crippen LogP contribution in [-0.2, 0) is 6.54 Å². The lowest BCUT2D eigenvalue weighted by molar-refractivity contribution is 0.0697. The highest BCUT2D eigenvalue weighted by Crippen LogP contribution is 2.11. The van der Waals surface area contributed by atoms with Gasteiger partial charge in [0.25, 0.3) is 0 Å². The molecule has 1 N–H and O–H groups in total. The Balaban J connectivity index is 2.14. The Labute approximate surface area is 101 Å². The second-order valence-corrected chi connectivity index (χ2v) is 4.27. The molecule has 16 heavy (non-hydrogen) atoms. The molecule has 1 aromatic heterocycles. The smallest absolute Gasteiger partial charge is 0.338 e. The van der Waals surface area contributed by atoms with Gasteiger partial charge in [-0.15, -0.1) is 0 Å². The summed E-state index contributed by atoms with van der Waals surface area (Å²) in [5, 5.41) is 12.7. The Kier molecular flexibility index (Phi) is 3.05. The van der Waals surface area contributed by atoms with E-state index in [1.165, 1.54) is 12.4 Å². The third kappa shape index (κ3) is 2.49. The summed E-state index contributed by atoms with van der Waals surface area (Å²) in [6.45, 7) is 0.570. The molecule has 0 aliphatic rings. The second kappa shape index (κ2) is 4.49. The maximum absolute atomic E-state index is 10.7. The maximum atomic E-state index is 10.7. The zero-order valence-corrected chi connectivity index (χ0v) is 9.89. The Morgan fingerprint density at radius 3 is 2.62 bits per heavy atom. The molecule has 0 saturated heterocycles. The van der Waals surface area contributed by atoms with Crippen LogP contribution in [0.1, 0.15) is 15.9 Å². The Bertz CT molecular complexity index is 505. The summed E-state index contributed by atoms with van der Waals surface area (Å²) in [4.78, 5) is 10.7. The predicted octanol–water partition coefficient (Wildman–Crippen LogP) is 2.39. The van der Waals surface area contributed by atoms with Gasteiger partial charge in [0.2, 0.25) is 0 Å². The fourth-order valence-electron chi connectivity index (χ4n) is 1.34. The first-order valence-corrected chi connectivity index (χ1v) is 5.44. The summed E-state index contributed by atoms with van der Waals surface area (Å²) in [5.41, 5.74) is 1.28. The molecule has 1 heterocycles. The van der Waals surface area contributed by atoms with E-state index < -0.39 is 5.97 Å². The van der Waals surface area contributed by atoms with Crippen LogP contribution in [0.5, 0.6) is 0 Å². The van der Waals surface area contributed by atoms with Crippen LogP contribution in [-0.4, -0.2) is 20.9 Å². The van der Waals surface area contributed by atoms with Crippen LogP contribution in [0.2, 0.25) is 0 Å². The van der Waals surface area contributed by atoms with Crippen LogP contribution >= 0.6 is 15.9 Å². The molecule has 0 aliphatic heterocycles. The number of carbonyl (C=O) groups is 1. The average molecular weight is 281 g/mol. The van der Waals surface area contributed by atoms with Gasteiger partial charge in [0.1, 0.15) is 0 Å². The fraction of sp³-hybridized carbons (Fsp3) is 0.0909. The summed E-state index contributed by atoms with van der Waals surface area (Å²) in [5.74, 6) is -0.956. The van der Waals surface area contributed by atoms with Crippen LogP contribution in [0.4, 0.5) is 0 Å². The van der Waals surface area contributed by atoms with Crippen LogP contribution in [0, 0.1) is 0 Å². The van der Waals surface area contributed by atoms with Crippen LogP contribution in [0.25, 0.3) is 0 Å². The number of aromatic nitrogens is 2. The van der Waals surface area contributed by atoms with Crippen LogP contribution in [0.15, 0.2) is 41.1 Å². The maximum Gasteiger partial charge on any atom is 0.338 e. The third-order valence-electron chi connectivity index (χ3n) is 2.14. The minimum atomic E-state index is -0.956. The van der Waals surface area contributed by atoms with Gasteiger partial charge >= 0.3 is 5.97 Å². The number of rotatable bonds is 3. The van der Waals surface area contributed by atoms with Gasteiger partial charge in [0, 0.05) is 10.7 Å². The monoisotopic (exact) mass is 280 g/mol. The lowest BCUT2D eigenvalue weighted by Crippen LogP contribution is -2.00. The van der Waals surface area contributed by atoms with E-state index in [9.17, 15) is 4.79 Å². The highest BCUT2D eigenvalue weighted by molar-refractivity contribution is 9.10. The molecule has 0 bridgehead atoms. The lowest BCUT2D eigenvalue weighted by atomic mass is 10.2. The highest BCUT2D eigenvalue weighted by atomic mass is 79.9. The van der Waals surface area contributed by atoms with Gasteiger partial charge in [-0.1, -0.05) is 28.1 Å². The second-order valence-electron chi connectivity index (χ2n) is 3.36. The molecule has 2 aromatic rings. The lowest BCUT2D eigenvalue weighted by Gasteiger charge is -2.01. The van der Waals surface area contributed by atoms with Gasteiger partial charge in [-0.3, -0.25) is 4.68 Å². The molecule has 5 heteroatoms. The zero-order chi connectivity index (χ0) is 11.5. The van der Waals surface area contributed by atoms with E-state index in [0.29, 0.717) is 6.54 Å². The standard InChI is InChI=1S/C11H9BrN2O2/c12-10-3-1-8(2-4-10)6-14-7-9(5-13-14)11(15)16/h1-5,7H,6H2,(H,15,16). The Morgan fingerprint density at radius 1 is 1.38 bits per heavy atom. The zero-order valence-electron chi connectivity index (χ0n) is 8.30. The highest BCUT2D eigenvalue weighted by Gasteiger charge is 2.05. The number of carboxylic acids is 1. The van der Waals surface area contributed by atoms with Gasteiger partial charge in [0.15, 0.2) is 0 Å². The molecule has 0 radical (unpaired) electrons. The molecule has 0 atom stereocenters. The molecule has 1 aromatic carbocycles. The number of halogens is 1. The first-order chi connectivity index (χ1) is 7.65. The molecule has 0 amide bonds. The van der Waals surface area contributed by atoms with Crippen molar-refractivity contribution < 1.29 is 9.90 Å². The average Bonchev–Trinajstić information content (AvgIpc) is 2.70. The normalized spacial score (nSPS) is 10.3. The minimum absolute atomic E-state index is 0.206. The van der Waals surface area contributed by atoms with E-state index in [2.05, 4.69) is 21.0 Å². The summed E-state index contributed by atoms with van der Waals surface area (Å²) in [6, 6.07) is 7.81. The summed E-state index contributed by atoms with van der Waals surface area (Å²) in [7, 11) is 0. The van der Waals surface area contributed by atoms with Crippen molar-refractivity contribution in [3.63, 3.8) is 0 Å². The van der Waals surface area contributed by atoms with Crippen molar-refractivity contribution >= 4 is 21.9 Å². The molecular weight excluding hydrogens is 272 g/mol. The van der Waals surface area contributed by atoms with Gasteiger partial charge in [-0.2, -0.15) is 5.10 Å². The van der Waals surface area contributed by atoms with Crippen LogP contribution < -0.4 is 0 Å². The first kappa shape index (κ1) is 10.9. The predicted molar refractivity (Wildman–Crippen MR) is 62.4 cm³/mol. The molecule has 0 saturated carbocycles. The van der Waals surface area contributed by atoms with E-state index in [-0.39, 0.29) is 5.56 Å². The van der Waals surface area contributed by atoms with Crippen molar-refractivity contribution in [2.75, 3.05) is 0 Å². The van der Waals surface area contributed by atoms with E-state index in [0.717, 1.165) is 10.0 Å². The number of aromatic carboxylic acids is 1. The third-order valence-corrected chi connectivity index (χ3v) is 2.67. The van der Waals surface area contributed by atoms with Gasteiger partial charge in [-0.25, -0.2) is 4.79 Å². The van der Waals surface area contributed by atoms with Gasteiger partial charge in [0.05, 0.1) is 18.3 Å². The van der Waals surface area contributed by atoms with Crippen molar-refractivity contribution in [1.29, 1.82) is 0 Å². The quantitative estimate of drug-likeness (QED) is 0.939. The number of benzene rings is 1. The van der Waals surface area contributed by atoms with Gasteiger partial charge in [-0.05, 0) is 17.7 Å². The molecule has 0 spiro atoms. The first-order valence-electron chi connectivity index (χ1n) is 4.65. The topological polar surface area (TPSA) is 55.1 Å². The Morgan fingerprint density at radius 2 is 2.06 bits per heavy atom. The molecular formula is C11H9BrN2O2. The SMILES string of the molecule is O=C(O)c1cnn(Cc2ccc(Br)cc2)c1. The minimum Gasteiger partial charge on any atom is -0.478 e. The molecule has 4 nitrogen and oxygen atoms in total. The molecule has 82 valence electrons. The van der Waals surface area contributed by atoms with E-state index in [4.69, 9.17) is 5.11 Å². The molecule has 0 fully saturated rings. The molecule has 2 rings (SSSR count). The van der Waals surface area contributed by atoms with E-state index in [1.807, 2.05) is 24.3 Å². The van der Waals surface area contributed by atoms with E-state index >= 15 is 0 Å². The number of hydrogen-bond acceptors (Lipinski definition) is 2. The summed E-state index contributed by atoms with van der Waals surface area (Å²) >= 11 is 3.35. The summed E-state index contributed by atoms with van der Waals surface area (Å²) in [6.07, 6.45) is 2.87. The molecule has 0 aliphatic carbocycles. The van der Waals surface area contributed by atoms with E-state index in [1.54, 1.807) is 4.68 Å². The molecule has 0 unspecified atom stereocenters. The van der Waals surface area contributed by atoms with Crippen molar-refractivity contribution in [3.05, 3.63) is 52.3 Å². The largest absolute Gasteiger partial charge is 0.478 e. The number of carboxylic acid groups (broad SMARTS) is 1. The number of nitrogens with zero attached hydrogens (tertiary/aromatic N) is 2. The van der Waals surface area contributed by atoms with Crippen molar-refractivity contribution in [2.45, 2.75) is 6.54 Å². The fourth-order valence-corrected chi connectivity index (χ4v) is 1.60.